The average molecular weight is 327 g/mol. The van der Waals surface area contributed by atoms with Crippen molar-refractivity contribution in [2.24, 2.45) is 5.84 Å². The first kappa shape index (κ1) is 14.2. The van der Waals surface area contributed by atoms with Gasteiger partial charge in [-0.15, -0.1) is 0 Å². The summed E-state index contributed by atoms with van der Waals surface area (Å²) in [6, 6.07) is 4.55. The van der Waals surface area contributed by atoms with Gasteiger partial charge in [0.15, 0.2) is 0 Å². The van der Waals surface area contributed by atoms with Gasteiger partial charge in [-0.05, 0) is 19.1 Å². The van der Waals surface area contributed by atoms with Crippen molar-refractivity contribution in [3.8, 4) is 0 Å². The number of nitrogens with one attached hydrogen (secondary N) is 1. The second-order valence-electron chi connectivity index (χ2n) is 4.19. The Balaban J connectivity index is 2.30. The zero-order valence-corrected chi connectivity index (χ0v) is 12.2. The van der Waals surface area contributed by atoms with Gasteiger partial charge in [0.1, 0.15) is 11.6 Å². The van der Waals surface area contributed by atoms with E-state index in [0.717, 1.165) is 12.4 Å². The largest absolute Gasteiger partial charge is 0.335 e. The summed E-state index contributed by atoms with van der Waals surface area (Å²) < 4.78 is 16.7. The molecule has 0 aliphatic carbocycles. The summed E-state index contributed by atoms with van der Waals surface area (Å²) in [5.41, 5.74) is 3.19. The number of nitrogens with two attached hydrogens (primary N) is 1. The molecule has 4 nitrogen and oxygen atoms in total. The van der Waals surface area contributed by atoms with Gasteiger partial charge in [0.05, 0.1) is 6.04 Å². The van der Waals surface area contributed by atoms with Crippen molar-refractivity contribution in [2.75, 3.05) is 0 Å². The smallest absolute Gasteiger partial charge is 0.129 e. The molecule has 0 aliphatic rings. The van der Waals surface area contributed by atoms with Crippen molar-refractivity contribution in [3.05, 3.63) is 52.3 Å². The third-order valence-electron chi connectivity index (χ3n) is 3.08. The molecule has 102 valence electrons. The zero-order valence-electron chi connectivity index (χ0n) is 10.6. The number of benzene rings is 1. The molecule has 1 aromatic heterocycles. The first-order valence-corrected chi connectivity index (χ1v) is 6.86. The van der Waals surface area contributed by atoms with Crippen molar-refractivity contribution in [3.63, 3.8) is 0 Å². The van der Waals surface area contributed by atoms with Crippen LogP contribution in [0.1, 0.15) is 24.4 Å². The maximum atomic E-state index is 13.9. The van der Waals surface area contributed by atoms with Gasteiger partial charge in [0, 0.05) is 35.4 Å². The summed E-state index contributed by atoms with van der Waals surface area (Å²) in [5.74, 6) is 6.17. The fourth-order valence-electron chi connectivity index (χ4n) is 2.09. The molecule has 1 heterocycles. The molecule has 1 aromatic carbocycles. The topological polar surface area (TPSA) is 55.9 Å². The summed E-state index contributed by atoms with van der Waals surface area (Å²) in [6.07, 6.45) is 4.17. The van der Waals surface area contributed by atoms with Crippen LogP contribution in [0.15, 0.2) is 35.1 Å². The van der Waals surface area contributed by atoms with Crippen LogP contribution < -0.4 is 11.3 Å². The molecular weight excluding hydrogens is 311 g/mol. The molecule has 2 aromatic rings. The first-order valence-electron chi connectivity index (χ1n) is 6.07. The molecule has 0 fully saturated rings. The van der Waals surface area contributed by atoms with E-state index in [1.807, 2.05) is 17.7 Å². The van der Waals surface area contributed by atoms with Crippen molar-refractivity contribution < 1.29 is 4.39 Å². The van der Waals surface area contributed by atoms with Gasteiger partial charge in [-0.1, -0.05) is 22.0 Å². The molecule has 0 radical (unpaired) electrons. The predicted molar refractivity (Wildman–Crippen MR) is 75.8 cm³/mol. The highest BCUT2D eigenvalue weighted by atomic mass is 79.9. The minimum Gasteiger partial charge on any atom is -0.335 e. The second kappa shape index (κ2) is 6.27. The Hall–Kier alpha value is -1.24. The van der Waals surface area contributed by atoms with E-state index in [1.165, 1.54) is 6.07 Å². The number of halogens is 2. The third-order valence-corrected chi connectivity index (χ3v) is 3.77. The molecule has 1 unspecified atom stereocenters. The van der Waals surface area contributed by atoms with E-state index in [-0.39, 0.29) is 11.9 Å². The maximum Gasteiger partial charge on any atom is 0.129 e. The van der Waals surface area contributed by atoms with Crippen molar-refractivity contribution in [2.45, 2.75) is 25.9 Å². The third kappa shape index (κ3) is 3.02. The monoisotopic (exact) mass is 326 g/mol. The Morgan fingerprint density at radius 2 is 2.32 bits per heavy atom. The molecule has 0 spiro atoms. The number of imidazole rings is 1. The summed E-state index contributed by atoms with van der Waals surface area (Å²) in [4.78, 5) is 4.29. The molecule has 2 rings (SSSR count). The number of aromatic nitrogens is 2. The minimum absolute atomic E-state index is 0.285. The van der Waals surface area contributed by atoms with E-state index in [0.29, 0.717) is 16.5 Å². The minimum atomic E-state index is -0.330. The number of hydrogen-bond acceptors (Lipinski definition) is 3. The molecular formula is C13H16BrFN4. The van der Waals surface area contributed by atoms with E-state index in [2.05, 4.69) is 26.3 Å². The molecule has 0 saturated carbocycles. The lowest BCUT2D eigenvalue weighted by atomic mass is 10.0. The zero-order chi connectivity index (χ0) is 13.8. The Morgan fingerprint density at radius 3 is 2.95 bits per heavy atom. The van der Waals surface area contributed by atoms with Crippen LogP contribution in [0.4, 0.5) is 4.39 Å². The fourth-order valence-corrected chi connectivity index (χ4v) is 2.71. The molecule has 0 saturated heterocycles. The Kier molecular flexibility index (Phi) is 4.68. The molecule has 6 heteroatoms. The summed E-state index contributed by atoms with van der Waals surface area (Å²) in [7, 11) is 0. The van der Waals surface area contributed by atoms with E-state index in [1.54, 1.807) is 18.3 Å². The Labute approximate surface area is 119 Å². The second-order valence-corrected chi connectivity index (χ2v) is 5.04. The van der Waals surface area contributed by atoms with Crippen LogP contribution in [-0.4, -0.2) is 9.55 Å². The number of nitrogens with zero attached hydrogens (tertiary/aromatic N) is 2. The maximum absolute atomic E-state index is 13.9. The quantitative estimate of drug-likeness (QED) is 0.655. The predicted octanol–water partition coefficient (Wildman–Crippen LogP) is 2.55. The summed E-state index contributed by atoms with van der Waals surface area (Å²) in [5, 5.41) is 0. The highest BCUT2D eigenvalue weighted by Crippen LogP contribution is 2.27. The molecule has 0 amide bonds. The van der Waals surface area contributed by atoms with Crippen LogP contribution >= 0.6 is 15.9 Å². The van der Waals surface area contributed by atoms with Crippen LogP contribution in [0.3, 0.4) is 0 Å². The van der Waals surface area contributed by atoms with Gasteiger partial charge >= 0.3 is 0 Å². The highest BCUT2D eigenvalue weighted by Gasteiger charge is 2.19. The highest BCUT2D eigenvalue weighted by molar-refractivity contribution is 9.10. The summed E-state index contributed by atoms with van der Waals surface area (Å²) >= 11 is 3.37. The van der Waals surface area contributed by atoms with Crippen LogP contribution in [0.25, 0.3) is 0 Å². The standard InChI is InChI=1S/C13H16BrFN4/c1-2-19-7-6-17-12(19)8-11(18-16)13-9(14)4-3-5-10(13)15/h3-7,11,18H,2,8,16H2,1H3. The normalized spacial score (nSPS) is 12.6. The lowest BCUT2D eigenvalue weighted by molar-refractivity contribution is 0.490. The van der Waals surface area contributed by atoms with Gasteiger partial charge in [0.25, 0.3) is 0 Å². The number of hydrazine groups is 1. The number of hydrogen-bond donors (Lipinski definition) is 2. The van der Waals surface area contributed by atoms with Gasteiger partial charge in [-0.25, -0.2) is 9.37 Å². The number of aryl methyl sites for hydroxylation is 1. The van der Waals surface area contributed by atoms with Crippen molar-refractivity contribution in [1.29, 1.82) is 0 Å². The van der Waals surface area contributed by atoms with Crippen LogP contribution in [0.5, 0.6) is 0 Å². The van der Waals surface area contributed by atoms with Crippen LogP contribution in [0.2, 0.25) is 0 Å². The average Bonchev–Trinajstić information content (AvgIpc) is 2.84. The molecule has 1 atom stereocenters. The van der Waals surface area contributed by atoms with E-state index >= 15 is 0 Å². The van der Waals surface area contributed by atoms with Crippen molar-refractivity contribution in [1.82, 2.24) is 15.0 Å². The molecule has 0 bridgehead atoms. The van der Waals surface area contributed by atoms with Gasteiger partial charge < -0.3 is 4.57 Å². The van der Waals surface area contributed by atoms with Gasteiger partial charge in [-0.3, -0.25) is 11.3 Å². The fraction of sp³-hybridized carbons (Fsp3) is 0.308. The van der Waals surface area contributed by atoms with Crippen LogP contribution in [0, 0.1) is 5.82 Å². The van der Waals surface area contributed by atoms with E-state index in [4.69, 9.17) is 5.84 Å². The summed E-state index contributed by atoms with van der Waals surface area (Å²) in [6.45, 7) is 2.86. The lowest BCUT2D eigenvalue weighted by Gasteiger charge is -2.18. The van der Waals surface area contributed by atoms with Crippen molar-refractivity contribution >= 4 is 15.9 Å². The SMILES string of the molecule is CCn1ccnc1CC(NN)c1c(F)cccc1Br. The van der Waals surface area contributed by atoms with Crippen LogP contribution in [-0.2, 0) is 13.0 Å². The first-order chi connectivity index (χ1) is 9.17. The van der Waals surface area contributed by atoms with E-state index in [9.17, 15) is 4.39 Å². The van der Waals surface area contributed by atoms with Gasteiger partial charge in [-0.2, -0.15) is 0 Å². The van der Waals surface area contributed by atoms with E-state index < -0.39 is 0 Å². The molecule has 0 aliphatic heterocycles. The van der Waals surface area contributed by atoms with Gasteiger partial charge in [0.2, 0.25) is 0 Å². The Morgan fingerprint density at radius 1 is 1.53 bits per heavy atom. The lowest BCUT2D eigenvalue weighted by Crippen LogP contribution is -2.31. The Bertz CT molecular complexity index is 535. The number of rotatable bonds is 5. The molecule has 3 N–H and O–H groups in total. The molecule has 19 heavy (non-hydrogen) atoms.